The van der Waals surface area contributed by atoms with E-state index in [0.717, 1.165) is 22.8 Å². The van der Waals surface area contributed by atoms with Gasteiger partial charge >= 0.3 is 8.32 Å². The minimum Gasteiger partial charge on any atom is -0.534 e. The topological polar surface area (TPSA) is 15.7 Å². The van der Waals surface area contributed by atoms with Crippen molar-refractivity contribution < 1.29 is 4.43 Å². The molecular formula is C36H38N2OSi. The van der Waals surface area contributed by atoms with Crippen molar-refractivity contribution in [3.63, 3.8) is 0 Å². The summed E-state index contributed by atoms with van der Waals surface area (Å²) in [5.41, 5.74) is 4.56. The Bertz CT molecular complexity index is 1460. The van der Waals surface area contributed by atoms with Gasteiger partial charge in [-0.1, -0.05) is 99.6 Å². The van der Waals surface area contributed by atoms with Gasteiger partial charge in [0.15, 0.2) is 0 Å². The Labute approximate surface area is 240 Å². The molecule has 0 amide bonds. The summed E-state index contributed by atoms with van der Waals surface area (Å²) < 4.78 is 7.18. The smallest absolute Gasteiger partial charge is 0.319 e. The summed E-state index contributed by atoms with van der Waals surface area (Å²) in [7, 11) is 1.54. The van der Waals surface area contributed by atoms with Gasteiger partial charge in [0.2, 0.25) is 0 Å². The molecule has 0 aliphatic carbocycles. The van der Waals surface area contributed by atoms with E-state index in [1.807, 2.05) is 6.07 Å². The molecule has 0 saturated heterocycles. The molecule has 5 aromatic carbocycles. The lowest BCUT2D eigenvalue weighted by Gasteiger charge is -2.43. The molecule has 5 aromatic rings. The number of hydrogen-bond acceptors (Lipinski definition) is 3. The van der Waals surface area contributed by atoms with Crippen LogP contribution in [0, 0.1) is 0 Å². The van der Waals surface area contributed by atoms with E-state index in [9.17, 15) is 0 Å². The fraction of sp³-hybridized carbons (Fsp3) is 0.167. The number of nitrogens with zero attached hydrogens (tertiary/aromatic N) is 2. The van der Waals surface area contributed by atoms with Gasteiger partial charge in [-0.05, 0) is 76.1 Å². The first kappa shape index (κ1) is 27.3. The zero-order valence-corrected chi connectivity index (χ0v) is 25.1. The van der Waals surface area contributed by atoms with Crippen molar-refractivity contribution in [2.24, 2.45) is 0 Å². The normalized spacial score (nSPS) is 11.6. The Kier molecular flexibility index (Phi) is 7.81. The summed E-state index contributed by atoms with van der Waals surface area (Å²) in [4.78, 5) is 4.40. The molecule has 0 atom stereocenters. The quantitative estimate of drug-likeness (QED) is 0.184. The summed E-state index contributed by atoms with van der Waals surface area (Å²) in [5.74, 6) is 0.895. The first-order valence-corrected chi connectivity index (χ1v) is 15.7. The summed E-state index contributed by atoms with van der Waals surface area (Å²) in [6.07, 6.45) is 0. The number of rotatable bonds is 8. The standard InChI is InChI=1S/C36H38N2OSi/c1-36(2,3)40(34-17-11-7-12-18-34,35-19-13-8-14-20-35)39-33-27-25-32(26-28-33)38(5)31-23-21-30(22-24-31)37(4)29-15-9-6-10-16-29/h6-28H,1-5H3. The maximum atomic E-state index is 7.18. The molecule has 0 heterocycles. The van der Waals surface area contributed by atoms with Crippen LogP contribution < -0.4 is 24.6 Å². The predicted molar refractivity (Wildman–Crippen MR) is 174 cm³/mol. The van der Waals surface area contributed by atoms with Gasteiger partial charge < -0.3 is 14.2 Å². The van der Waals surface area contributed by atoms with Crippen LogP contribution in [0.3, 0.4) is 0 Å². The van der Waals surface area contributed by atoms with E-state index < -0.39 is 8.32 Å². The second kappa shape index (κ2) is 11.4. The van der Waals surface area contributed by atoms with Crippen molar-refractivity contribution in [2.75, 3.05) is 23.9 Å². The van der Waals surface area contributed by atoms with Crippen LogP contribution in [-0.4, -0.2) is 22.4 Å². The van der Waals surface area contributed by atoms with Gasteiger partial charge in [-0.3, -0.25) is 0 Å². The van der Waals surface area contributed by atoms with Gasteiger partial charge in [-0.2, -0.15) is 0 Å². The van der Waals surface area contributed by atoms with Crippen LogP contribution in [0.25, 0.3) is 0 Å². The highest BCUT2D eigenvalue weighted by Gasteiger charge is 2.52. The molecule has 202 valence electrons. The summed E-state index contributed by atoms with van der Waals surface area (Å²) >= 11 is 0. The highest BCUT2D eigenvalue weighted by atomic mass is 28.4. The number of para-hydroxylation sites is 1. The molecule has 0 bridgehead atoms. The molecule has 0 radical (unpaired) electrons. The first-order chi connectivity index (χ1) is 19.3. The third kappa shape index (κ3) is 5.40. The van der Waals surface area contributed by atoms with Gasteiger partial charge in [-0.25, -0.2) is 0 Å². The monoisotopic (exact) mass is 542 g/mol. The molecule has 5 rings (SSSR count). The zero-order valence-electron chi connectivity index (χ0n) is 24.1. The van der Waals surface area contributed by atoms with Crippen LogP contribution in [-0.2, 0) is 0 Å². The van der Waals surface area contributed by atoms with Crippen LogP contribution in [0.2, 0.25) is 5.04 Å². The number of hydrogen-bond donors (Lipinski definition) is 0. The maximum Gasteiger partial charge on any atom is 0.319 e. The first-order valence-electron chi connectivity index (χ1n) is 13.8. The van der Waals surface area contributed by atoms with Crippen LogP contribution in [0.5, 0.6) is 5.75 Å². The van der Waals surface area contributed by atoms with E-state index in [1.54, 1.807) is 0 Å². The van der Waals surface area contributed by atoms with Crippen molar-refractivity contribution >= 4 is 41.4 Å². The fourth-order valence-electron chi connectivity index (χ4n) is 5.41. The lowest BCUT2D eigenvalue weighted by molar-refractivity contribution is 0.508. The van der Waals surface area contributed by atoms with Gasteiger partial charge in [-0.15, -0.1) is 0 Å². The summed E-state index contributed by atoms with van der Waals surface area (Å²) in [6.45, 7) is 6.92. The lowest BCUT2D eigenvalue weighted by Crippen LogP contribution is -2.68. The van der Waals surface area contributed by atoms with Gasteiger partial charge in [0.05, 0.1) is 0 Å². The van der Waals surface area contributed by atoms with E-state index in [2.05, 4.69) is 178 Å². The van der Waals surface area contributed by atoms with Crippen molar-refractivity contribution in [2.45, 2.75) is 25.8 Å². The SMILES string of the molecule is CN(c1ccccc1)c1ccc(N(C)c2ccc(O[Si](c3ccccc3)(c3ccccc3)C(C)(C)C)cc2)cc1. The van der Waals surface area contributed by atoms with Crippen molar-refractivity contribution in [1.82, 2.24) is 0 Å². The second-order valence-electron chi connectivity index (χ2n) is 11.2. The average molecular weight is 543 g/mol. The molecule has 3 nitrogen and oxygen atoms in total. The third-order valence-corrected chi connectivity index (χ3v) is 12.6. The summed E-state index contributed by atoms with van der Waals surface area (Å²) in [6, 6.07) is 49.2. The molecule has 0 aliphatic rings. The molecular weight excluding hydrogens is 504 g/mol. The van der Waals surface area contributed by atoms with Gasteiger partial charge in [0.25, 0.3) is 0 Å². The Morgan fingerprint density at radius 1 is 0.450 bits per heavy atom. The Morgan fingerprint density at radius 2 is 0.775 bits per heavy atom. The van der Waals surface area contributed by atoms with Gasteiger partial charge in [0, 0.05) is 36.8 Å². The third-order valence-electron chi connectivity index (χ3n) is 7.68. The van der Waals surface area contributed by atoms with Crippen LogP contribution in [0.15, 0.2) is 140 Å². The maximum absolute atomic E-state index is 7.18. The van der Waals surface area contributed by atoms with Crippen LogP contribution >= 0.6 is 0 Å². The minimum absolute atomic E-state index is 0.0835. The predicted octanol–water partition coefficient (Wildman–Crippen LogP) is 8.16. The molecule has 0 saturated carbocycles. The average Bonchev–Trinajstić information content (AvgIpc) is 3.00. The molecule has 0 fully saturated rings. The minimum atomic E-state index is -2.66. The van der Waals surface area contributed by atoms with E-state index >= 15 is 0 Å². The second-order valence-corrected chi connectivity index (χ2v) is 15.5. The Morgan fingerprint density at radius 3 is 1.15 bits per heavy atom. The van der Waals surface area contributed by atoms with Crippen molar-refractivity contribution in [3.05, 3.63) is 140 Å². The molecule has 4 heteroatoms. The molecule has 0 spiro atoms. The van der Waals surface area contributed by atoms with Gasteiger partial charge in [0.1, 0.15) is 5.75 Å². The highest BCUT2D eigenvalue weighted by molar-refractivity contribution is 7.00. The van der Waals surface area contributed by atoms with Crippen molar-refractivity contribution in [1.29, 1.82) is 0 Å². The van der Waals surface area contributed by atoms with Crippen LogP contribution in [0.4, 0.5) is 22.7 Å². The zero-order chi connectivity index (χ0) is 28.2. The van der Waals surface area contributed by atoms with E-state index in [-0.39, 0.29) is 5.04 Å². The number of benzene rings is 5. The molecule has 0 unspecified atom stereocenters. The van der Waals surface area contributed by atoms with Crippen LogP contribution in [0.1, 0.15) is 20.8 Å². The molecule has 0 aromatic heterocycles. The van der Waals surface area contributed by atoms with E-state index in [4.69, 9.17) is 4.43 Å². The highest BCUT2D eigenvalue weighted by Crippen LogP contribution is 2.38. The Balaban J connectivity index is 1.41. The molecule has 0 N–H and O–H groups in total. The van der Waals surface area contributed by atoms with E-state index in [1.165, 1.54) is 16.1 Å². The number of anilines is 4. The molecule has 0 aliphatic heterocycles. The summed E-state index contributed by atoms with van der Waals surface area (Å²) in [5, 5.41) is 2.46. The largest absolute Gasteiger partial charge is 0.534 e. The van der Waals surface area contributed by atoms with Crippen molar-refractivity contribution in [3.8, 4) is 5.75 Å². The fourth-order valence-corrected chi connectivity index (χ4v) is 9.83. The molecule has 40 heavy (non-hydrogen) atoms. The lowest BCUT2D eigenvalue weighted by atomic mass is 10.2. The van der Waals surface area contributed by atoms with E-state index in [0.29, 0.717) is 0 Å². The Hall–Kier alpha value is -4.28.